The molecule has 1 aromatic heterocycles. The van der Waals surface area contributed by atoms with Crippen molar-refractivity contribution in [2.24, 2.45) is 5.92 Å². The molecule has 2 aromatic rings. The van der Waals surface area contributed by atoms with Crippen molar-refractivity contribution in [3.63, 3.8) is 0 Å². The number of alkyl halides is 3. The molecule has 1 aromatic carbocycles. The molecule has 1 aliphatic rings. The molecule has 0 bridgehead atoms. The van der Waals surface area contributed by atoms with Crippen LogP contribution in [0.5, 0.6) is 5.75 Å². The second-order valence-corrected chi connectivity index (χ2v) is 7.33. The fourth-order valence-corrected chi connectivity index (χ4v) is 3.86. The number of nitrogens with zero attached hydrogens (tertiary/aromatic N) is 1. The Bertz CT molecular complexity index is 782. The number of benzene rings is 1. The van der Waals surface area contributed by atoms with Crippen molar-refractivity contribution in [2.45, 2.75) is 38.3 Å². The number of carboxylic acid groups (broad SMARTS) is 1. The van der Waals surface area contributed by atoms with Crippen molar-refractivity contribution in [3.05, 3.63) is 45.4 Å². The molecule has 140 valence electrons. The summed E-state index contributed by atoms with van der Waals surface area (Å²) in [5.41, 5.74) is -0.495. The Morgan fingerprint density at radius 2 is 2.04 bits per heavy atom. The van der Waals surface area contributed by atoms with E-state index in [2.05, 4.69) is 4.98 Å². The van der Waals surface area contributed by atoms with Gasteiger partial charge in [0.05, 0.1) is 17.2 Å². The number of carboxylic acids is 1. The monoisotopic (exact) mass is 385 g/mol. The first kappa shape index (κ1) is 18.7. The number of hydrogen-bond donors (Lipinski definition) is 1. The lowest BCUT2D eigenvalue weighted by Crippen LogP contribution is -2.11. The molecule has 1 fully saturated rings. The number of aromatic carboxylic acids is 1. The zero-order chi connectivity index (χ0) is 18.7. The van der Waals surface area contributed by atoms with Gasteiger partial charge in [0.25, 0.3) is 0 Å². The molecule has 3 rings (SSSR count). The number of carbonyl (C=O) groups is 1. The van der Waals surface area contributed by atoms with Crippen LogP contribution in [0.15, 0.2) is 23.6 Å². The van der Waals surface area contributed by atoms with Gasteiger partial charge in [0.2, 0.25) is 0 Å². The Hall–Kier alpha value is -2.09. The maximum absolute atomic E-state index is 13.0. The van der Waals surface area contributed by atoms with E-state index in [1.165, 1.54) is 11.4 Å². The maximum Gasteiger partial charge on any atom is 0.416 e. The average Bonchev–Trinajstić information content (AvgIpc) is 3.24. The summed E-state index contributed by atoms with van der Waals surface area (Å²) in [7, 11) is 0. The molecule has 8 heteroatoms. The van der Waals surface area contributed by atoms with Crippen LogP contribution < -0.4 is 4.74 Å². The van der Waals surface area contributed by atoms with Gasteiger partial charge in [0.1, 0.15) is 5.75 Å². The number of aromatic nitrogens is 1. The smallest absolute Gasteiger partial charge is 0.416 e. The SMILES string of the molecule is O=C(O)c1csc(Cc2cc(C(F)(F)F)ccc2OCC2CCCC2)n1. The minimum absolute atomic E-state index is 0.0991. The van der Waals surface area contributed by atoms with Crippen LogP contribution in [0.3, 0.4) is 0 Å². The van der Waals surface area contributed by atoms with Crippen LogP contribution in [0.1, 0.15) is 52.3 Å². The second kappa shape index (κ2) is 7.65. The molecule has 0 spiro atoms. The molecule has 0 saturated heterocycles. The molecule has 1 aliphatic carbocycles. The van der Waals surface area contributed by atoms with Gasteiger partial charge in [0.15, 0.2) is 5.69 Å². The molecule has 0 aliphatic heterocycles. The zero-order valence-electron chi connectivity index (χ0n) is 13.9. The standard InChI is InChI=1S/C18H18F3NO3S/c19-18(20,21)13-5-6-15(25-9-11-3-1-2-4-11)12(7-13)8-16-22-14(10-26-16)17(23)24/h5-7,10-11H,1-4,8-9H2,(H,23,24). The van der Waals surface area contributed by atoms with Crippen molar-refractivity contribution < 1.29 is 27.8 Å². The molecule has 0 atom stereocenters. The van der Waals surface area contributed by atoms with Crippen LogP contribution in [-0.4, -0.2) is 22.7 Å². The van der Waals surface area contributed by atoms with E-state index in [-0.39, 0.29) is 12.1 Å². The van der Waals surface area contributed by atoms with Gasteiger partial charge in [0, 0.05) is 17.4 Å². The van der Waals surface area contributed by atoms with E-state index in [0.29, 0.717) is 28.8 Å². The molecule has 4 nitrogen and oxygen atoms in total. The molecule has 0 amide bonds. The normalized spacial score (nSPS) is 15.3. The fourth-order valence-electron chi connectivity index (χ4n) is 3.07. The van der Waals surface area contributed by atoms with Gasteiger partial charge in [-0.2, -0.15) is 13.2 Å². The van der Waals surface area contributed by atoms with Crippen LogP contribution >= 0.6 is 11.3 Å². The van der Waals surface area contributed by atoms with E-state index in [1.54, 1.807) is 0 Å². The topological polar surface area (TPSA) is 59.4 Å². The Morgan fingerprint density at radius 1 is 1.31 bits per heavy atom. The summed E-state index contributed by atoms with van der Waals surface area (Å²) in [5.74, 6) is -0.324. The Kier molecular flexibility index (Phi) is 5.50. The van der Waals surface area contributed by atoms with Gasteiger partial charge in [-0.1, -0.05) is 12.8 Å². The molecule has 1 N–H and O–H groups in total. The van der Waals surface area contributed by atoms with E-state index in [4.69, 9.17) is 9.84 Å². The highest BCUT2D eigenvalue weighted by Crippen LogP contribution is 2.34. The summed E-state index contributed by atoms with van der Waals surface area (Å²) in [5, 5.41) is 10.8. The number of thiazole rings is 1. The van der Waals surface area contributed by atoms with Gasteiger partial charge in [-0.15, -0.1) is 11.3 Å². The lowest BCUT2D eigenvalue weighted by atomic mass is 10.1. The molecular formula is C18H18F3NO3S. The lowest BCUT2D eigenvalue weighted by molar-refractivity contribution is -0.137. The quantitative estimate of drug-likeness (QED) is 0.759. The predicted molar refractivity (Wildman–Crippen MR) is 90.8 cm³/mol. The number of rotatable bonds is 6. The highest BCUT2D eigenvalue weighted by molar-refractivity contribution is 7.09. The van der Waals surface area contributed by atoms with Crippen LogP contribution in [0.25, 0.3) is 0 Å². The van der Waals surface area contributed by atoms with Crippen molar-refractivity contribution >= 4 is 17.3 Å². The third-order valence-corrected chi connectivity index (χ3v) is 5.30. The highest BCUT2D eigenvalue weighted by atomic mass is 32.1. The molecule has 1 saturated carbocycles. The summed E-state index contributed by atoms with van der Waals surface area (Å²) in [6.45, 7) is 0.483. The number of hydrogen-bond acceptors (Lipinski definition) is 4. The molecule has 1 heterocycles. The third-order valence-electron chi connectivity index (χ3n) is 4.45. The predicted octanol–water partition coefficient (Wildman–Crippen LogP) is 5.02. The van der Waals surface area contributed by atoms with Crippen molar-refractivity contribution in [1.29, 1.82) is 0 Å². The van der Waals surface area contributed by atoms with E-state index >= 15 is 0 Å². The Labute approximate surface area is 152 Å². The Morgan fingerprint density at radius 3 is 2.65 bits per heavy atom. The van der Waals surface area contributed by atoms with E-state index < -0.39 is 17.7 Å². The summed E-state index contributed by atoms with van der Waals surface area (Å²) in [6.07, 6.45) is 0.112. The number of halogens is 3. The van der Waals surface area contributed by atoms with Crippen molar-refractivity contribution in [1.82, 2.24) is 4.98 Å². The Balaban J connectivity index is 1.83. The van der Waals surface area contributed by atoms with Crippen molar-refractivity contribution in [3.8, 4) is 5.75 Å². The molecule has 0 unspecified atom stereocenters. The zero-order valence-corrected chi connectivity index (χ0v) is 14.7. The summed E-state index contributed by atoms with van der Waals surface area (Å²) < 4.78 is 45.0. The maximum atomic E-state index is 13.0. The summed E-state index contributed by atoms with van der Waals surface area (Å²) >= 11 is 1.11. The van der Waals surface area contributed by atoms with E-state index in [1.807, 2.05) is 0 Å². The van der Waals surface area contributed by atoms with Crippen LogP contribution in [0, 0.1) is 5.92 Å². The van der Waals surface area contributed by atoms with Gasteiger partial charge >= 0.3 is 12.1 Å². The van der Waals surface area contributed by atoms with Gasteiger partial charge in [-0.3, -0.25) is 0 Å². The lowest BCUT2D eigenvalue weighted by Gasteiger charge is -2.16. The molecule has 26 heavy (non-hydrogen) atoms. The van der Waals surface area contributed by atoms with Gasteiger partial charge in [-0.05, 0) is 37.0 Å². The van der Waals surface area contributed by atoms with Gasteiger partial charge < -0.3 is 9.84 Å². The second-order valence-electron chi connectivity index (χ2n) is 6.39. The largest absolute Gasteiger partial charge is 0.493 e. The third kappa shape index (κ3) is 4.55. The summed E-state index contributed by atoms with van der Waals surface area (Å²) in [6, 6.07) is 3.42. The van der Waals surface area contributed by atoms with Crippen LogP contribution in [0.4, 0.5) is 13.2 Å². The minimum atomic E-state index is -4.45. The molecular weight excluding hydrogens is 367 g/mol. The first-order valence-electron chi connectivity index (χ1n) is 8.33. The first-order valence-corrected chi connectivity index (χ1v) is 9.21. The summed E-state index contributed by atoms with van der Waals surface area (Å²) in [4.78, 5) is 14.9. The van der Waals surface area contributed by atoms with Gasteiger partial charge in [-0.25, -0.2) is 9.78 Å². The number of ether oxygens (including phenoxy) is 1. The molecule has 0 radical (unpaired) electrons. The highest BCUT2D eigenvalue weighted by Gasteiger charge is 2.31. The fraction of sp³-hybridized carbons (Fsp3) is 0.444. The first-order chi connectivity index (χ1) is 12.3. The van der Waals surface area contributed by atoms with Crippen LogP contribution in [-0.2, 0) is 12.6 Å². The van der Waals surface area contributed by atoms with E-state index in [0.717, 1.165) is 49.2 Å². The van der Waals surface area contributed by atoms with E-state index in [9.17, 15) is 18.0 Å². The van der Waals surface area contributed by atoms with Crippen LogP contribution in [0.2, 0.25) is 0 Å². The average molecular weight is 385 g/mol. The van der Waals surface area contributed by atoms with Crippen molar-refractivity contribution in [2.75, 3.05) is 6.61 Å². The minimum Gasteiger partial charge on any atom is -0.493 e.